The fraction of sp³-hybridized carbons (Fsp3) is 0. The number of benzene rings is 2. The van der Waals surface area contributed by atoms with Crippen molar-refractivity contribution in [1.29, 1.82) is 0 Å². The second-order valence-corrected chi connectivity index (χ2v) is 7.00. The van der Waals surface area contributed by atoms with E-state index in [9.17, 15) is 14.7 Å². The van der Waals surface area contributed by atoms with Gasteiger partial charge < -0.3 is 10.4 Å². The number of thiophene rings is 1. The molecule has 0 unspecified atom stereocenters. The molecule has 3 aromatic rings. The summed E-state index contributed by atoms with van der Waals surface area (Å²) in [5, 5.41) is 14.4. The highest BCUT2D eigenvalue weighted by Crippen LogP contribution is 2.35. The standard InChI is InChI=1S/C18H12INO3S/c19-14-9-5-4-8-12(14)16(21)20-17-15(18(22)23)13(10-24-17)11-6-2-1-3-7-11/h1-10H,(H,20,21)(H,22,23). The SMILES string of the molecule is O=C(Nc1scc(-c2ccccc2)c1C(=O)O)c1ccccc1I. The first-order valence-corrected chi connectivity index (χ1v) is 9.00. The molecule has 1 aromatic heterocycles. The molecule has 3 rings (SSSR count). The Balaban J connectivity index is 1.98. The summed E-state index contributed by atoms with van der Waals surface area (Å²) < 4.78 is 0.810. The average molecular weight is 449 g/mol. The van der Waals surface area contributed by atoms with Crippen molar-refractivity contribution < 1.29 is 14.7 Å². The number of anilines is 1. The van der Waals surface area contributed by atoms with Gasteiger partial charge in [-0.3, -0.25) is 4.79 Å². The maximum atomic E-state index is 12.5. The van der Waals surface area contributed by atoms with E-state index < -0.39 is 5.97 Å². The monoisotopic (exact) mass is 449 g/mol. The molecule has 0 aliphatic heterocycles. The highest BCUT2D eigenvalue weighted by Gasteiger charge is 2.21. The molecule has 6 heteroatoms. The van der Waals surface area contributed by atoms with Gasteiger partial charge in [-0.2, -0.15) is 0 Å². The van der Waals surface area contributed by atoms with Gasteiger partial charge in [-0.1, -0.05) is 42.5 Å². The number of hydrogen-bond donors (Lipinski definition) is 2. The van der Waals surface area contributed by atoms with Gasteiger partial charge in [0.05, 0.1) is 5.56 Å². The van der Waals surface area contributed by atoms with E-state index in [1.54, 1.807) is 17.5 Å². The van der Waals surface area contributed by atoms with E-state index in [1.807, 2.05) is 42.5 Å². The number of carbonyl (C=O) groups excluding carboxylic acids is 1. The maximum Gasteiger partial charge on any atom is 0.339 e. The smallest absolute Gasteiger partial charge is 0.339 e. The van der Waals surface area contributed by atoms with E-state index in [-0.39, 0.29) is 11.5 Å². The van der Waals surface area contributed by atoms with Crippen LogP contribution in [0.5, 0.6) is 0 Å². The zero-order chi connectivity index (χ0) is 17.1. The molecule has 0 aliphatic carbocycles. The fourth-order valence-electron chi connectivity index (χ4n) is 2.31. The number of halogens is 1. The van der Waals surface area contributed by atoms with Crippen LogP contribution >= 0.6 is 33.9 Å². The number of carboxylic acids is 1. The lowest BCUT2D eigenvalue weighted by Crippen LogP contribution is -2.14. The minimum Gasteiger partial charge on any atom is -0.478 e. The zero-order valence-electron chi connectivity index (χ0n) is 12.3. The first kappa shape index (κ1) is 16.7. The van der Waals surface area contributed by atoms with Gasteiger partial charge in [-0.15, -0.1) is 11.3 Å². The summed E-state index contributed by atoms with van der Waals surface area (Å²) in [5.41, 5.74) is 2.04. The van der Waals surface area contributed by atoms with Crippen LogP contribution in [-0.4, -0.2) is 17.0 Å². The predicted molar refractivity (Wildman–Crippen MR) is 104 cm³/mol. The lowest BCUT2D eigenvalue weighted by molar-refractivity contribution is 0.0699. The molecule has 0 bridgehead atoms. The predicted octanol–water partition coefficient (Wildman–Crippen LogP) is 4.97. The van der Waals surface area contributed by atoms with Gasteiger partial charge in [0.2, 0.25) is 0 Å². The van der Waals surface area contributed by atoms with Crippen molar-refractivity contribution in [2.45, 2.75) is 0 Å². The van der Waals surface area contributed by atoms with Gasteiger partial charge in [0, 0.05) is 14.5 Å². The lowest BCUT2D eigenvalue weighted by atomic mass is 10.0. The van der Waals surface area contributed by atoms with Gasteiger partial charge in [0.1, 0.15) is 10.6 Å². The number of nitrogens with one attached hydrogen (secondary N) is 1. The van der Waals surface area contributed by atoms with Crippen LogP contribution in [0.15, 0.2) is 60.0 Å². The molecule has 0 aliphatic rings. The van der Waals surface area contributed by atoms with Gasteiger partial charge >= 0.3 is 5.97 Å². The van der Waals surface area contributed by atoms with Crippen LogP contribution in [0, 0.1) is 3.57 Å². The van der Waals surface area contributed by atoms with Crippen LogP contribution in [0.2, 0.25) is 0 Å². The van der Waals surface area contributed by atoms with E-state index in [0.717, 1.165) is 9.13 Å². The summed E-state index contributed by atoms with van der Waals surface area (Å²) in [5.74, 6) is -1.38. The first-order valence-electron chi connectivity index (χ1n) is 7.04. The minimum atomic E-state index is -1.06. The van der Waals surface area contributed by atoms with Crippen LogP contribution in [0.25, 0.3) is 11.1 Å². The quantitative estimate of drug-likeness (QED) is 0.553. The largest absolute Gasteiger partial charge is 0.478 e. The molecule has 2 aromatic carbocycles. The fourth-order valence-corrected chi connectivity index (χ4v) is 3.90. The van der Waals surface area contributed by atoms with Crippen molar-refractivity contribution in [1.82, 2.24) is 0 Å². The number of amides is 1. The van der Waals surface area contributed by atoms with E-state index >= 15 is 0 Å². The molecule has 24 heavy (non-hydrogen) atoms. The molecule has 4 nitrogen and oxygen atoms in total. The molecule has 0 saturated heterocycles. The van der Waals surface area contributed by atoms with Crippen molar-refractivity contribution in [2.75, 3.05) is 5.32 Å². The Labute approximate surface area is 156 Å². The van der Waals surface area contributed by atoms with E-state index in [2.05, 4.69) is 27.9 Å². The second kappa shape index (κ2) is 7.14. The molecular formula is C18H12INO3S. The van der Waals surface area contributed by atoms with Gasteiger partial charge in [0.15, 0.2) is 0 Å². The summed E-state index contributed by atoms with van der Waals surface area (Å²) in [6, 6.07) is 16.4. The molecule has 0 fully saturated rings. The van der Waals surface area contributed by atoms with Crippen molar-refractivity contribution in [2.24, 2.45) is 0 Å². The van der Waals surface area contributed by atoms with E-state index in [1.165, 1.54) is 11.3 Å². The molecule has 2 N–H and O–H groups in total. The van der Waals surface area contributed by atoms with Crippen LogP contribution in [0.3, 0.4) is 0 Å². The number of carbonyl (C=O) groups is 2. The van der Waals surface area contributed by atoms with Crippen LogP contribution in [-0.2, 0) is 0 Å². The maximum absolute atomic E-state index is 12.5. The van der Waals surface area contributed by atoms with Crippen molar-refractivity contribution in [3.63, 3.8) is 0 Å². The van der Waals surface area contributed by atoms with Gasteiger partial charge in [-0.25, -0.2) is 4.79 Å². The van der Waals surface area contributed by atoms with Crippen molar-refractivity contribution in [3.8, 4) is 11.1 Å². The summed E-state index contributed by atoms with van der Waals surface area (Å²) in [4.78, 5) is 24.2. The average Bonchev–Trinajstić information content (AvgIpc) is 2.99. The Morgan fingerprint density at radius 1 is 1.00 bits per heavy atom. The topological polar surface area (TPSA) is 66.4 Å². The Bertz CT molecular complexity index is 906. The molecule has 0 atom stereocenters. The third-order valence-corrected chi connectivity index (χ3v) is 5.27. The zero-order valence-corrected chi connectivity index (χ0v) is 15.3. The Morgan fingerprint density at radius 2 is 1.67 bits per heavy atom. The number of rotatable bonds is 4. The van der Waals surface area contributed by atoms with Crippen molar-refractivity contribution >= 4 is 50.8 Å². The lowest BCUT2D eigenvalue weighted by Gasteiger charge is -2.07. The molecular weight excluding hydrogens is 437 g/mol. The normalized spacial score (nSPS) is 10.4. The van der Waals surface area contributed by atoms with Crippen LogP contribution in [0.1, 0.15) is 20.7 Å². The Kier molecular flexibility index (Phi) is 4.96. The third kappa shape index (κ3) is 3.34. The molecule has 0 saturated carbocycles. The Hall–Kier alpha value is -2.19. The van der Waals surface area contributed by atoms with Crippen molar-refractivity contribution in [3.05, 3.63) is 74.7 Å². The van der Waals surface area contributed by atoms with Crippen LogP contribution < -0.4 is 5.32 Å². The molecule has 120 valence electrons. The molecule has 1 amide bonds. The highest BCUT2D eigenvalue weighted by molar-refractivity contribution is 14.1. The summed E-state index contributed by atoms with van der Waals surface area (Å²) in [6.07, 6.45) is 0. The Morgan fingerprint density at radius 3 is 2.33 bits per heavy atom. The third-order valence-electron chi connectivity index (χ3n) is 3.44. The van der Waals surface area contributed by atoms with Crippen LogP contribution in [0.4, 0.5) is 5.00 Å². The summed E-state index contributed by atoms with van der Waals surface area (Å²) in [7, 11) is 0. The number of aromatic carboxylic acids is 1. The van der Waals surface area contributed by atoms with E-state index in [4.69, 9.17) is 0 Å². The van der Waals surface area contributed by atoms with Gasteiger partial charge in [-0.05, 0) is 40.3 Å². The highest BCUT2D eigenvalue weighted by atomic mass is 127. The second-order valence-electron chi connectivity index (χ2n) is 4.96. The van der Waals surface area contributed by atoms with Gasteiger partial charge in [0.25, 0.3) is 5.91 Å². The van der Waals surface area contributed by atoms with E-state index in [0.29, 0.717) is 16.1 Å². The molecule has 1 heterocycles. The first-order chi connectivity index (χ1) is 11.6. The summed E-state index contributed by atoms with van der Waals surface area (Å²) in [6.45, 7) is 0. The molecule has 0 radical (unpaired) electrons. The summed E-state index contributed by atoms with van der Waals surface area (Å²) >= 11 is 3.29. The molecule has 0 spiro atoms. The number of hydrogen-bond acceptors (Lipinski definition) is 3. The number of carboxylic acid groups (broad SMARTS) is 1. The minimum absolute atomic E-state index is 0.116.